The van der Waals surface area contributed by atoms with Gasteiger partial charge in [-0.3, -0.25) is 9.59 Å². The van der Waals surface area contributed by atoms with Crippen molar-refractivity contribution in [1.29, 1.82) is 0 Å². The number of carbonyl (C=O) groups excluding carboxylic acids is 2. The Morgan fingerprint density at radius 2 is 1.73 bits per heavy atom. The molecule has 0 unspecified atom stereocenters. The average molecular weight is 209 g/mol. The zero-order chi connectivity index (χ0) is 11.4. The SMILES string of the molecule is CC(=O)CNC(=O)c1cc(O)cc(O)c1. The first-order chi connectivity index (χ1) is 6.99. The summed E-state index contributed by atoms with van der Waals surface area (Å²) in [6, 6.07) is 3.52. The lowest BCUT2D eigenvalue weighted by atomic mass is 10.2. The second kappa shape index (κ2) is 4.45. The van der Waals surface area contributed by atoms with Gasteiger partial charge in [0.25, 0.3) is 5.91 Å². The zero-order valence-corrected chi connectivity index (χ0v) is 8.15. The Morgan fingerprint density at radius 3 is 2.20 bits per heavy atom. The van der Waals surface area contributed by atoms with Crippen LogP contribution in [-0.4, -0.2) is 28.4 Å². The molecule has 0 radical (unpaired) electrons. The van der Waals surface area contributed by atoms with Crippen molar-refractivity contribution in [3.63, 3.8) is 0 Å². The lowest BCUT2D eigenvalue weighted by molar-refractivity contribution is -0.116. The third-order valence-corrected chi connectivity index (χ3v) is 1.66. The van der Waals surface area contributed by atoms with Crippen LogP contribution in [-0.2, 0) is 4.79 Å². The van der Waals surface area contributed by atoms with Gasteiger partial charge in [-0.1, -0.05) is 0 Å². The minimum Gasteiger partial charge on any atom is -0.508 e. The van der Waals surface area contributed by atoms with Crippen LogP contribution in [0.4, 0.5) is 0 Å². The van der Waals surface area contributed by atoms with Crippen LogP contribution in [0.2, 0.25) is 0 Å². The smallest absolute Gasteiger partial charge is 0.251 e. The van der Waals surface area contributed by atoms with E-state index in [1.54, 1.807) is 0 Å². The van der Waals surface area contributed by atoms with Gasteiger partial charge in [0.1, 0.15) is 17.3 Å². The molecule has 1 aromatic carbocycles. The Balaban J connectivity index is 2.77. The van der Waals surface area contributed by atoms with Crippen molar-refractivity contribution >= 4 is 11.7 Å². The number of carbonyl (C=O) groups is 2. The topological polar surface area (TPSA) is 86.6 Å². The molecule has 80 valence electrons. The molecular formula is C10H11NO4. The molecule has 1 rings (SSSR count). The van der Waals surface area contributed by atoms with E-state index in [1.807, 2.05) is 0 Å². The second-order valence-electron chi connectivity index (χ2n) is 3.12. The first-order valence-corrected chi connectivity index (χ1v) is 4.29. The highest BCUT2D eigenvalue weighted by Crippen LogP contribution is 2.19. The summed E-state index contributed by atoms with van der Waals surface area (Å²) in [4.78, 5) is 22.0. The lowest BCUT2D eigenvalue weighted by Gasteiger charge is -2.04. The summed E-state index contributed by atoms with van der Waals surface area (Å²) in [5.74, 6) is -1.10. The highest BCUT2D eigenvalue weighted by molar-refractivity contribution is 5.97. The molecule has 0 aliphatic rings. The summed E-state index contributed by atoms with van der Waals surface area (Å²) >= 11 is 0. The van der Waals surface area contributed by atoms with Crippen LogP contribution in [0, 0.1) is 0 Å². The fourth-order valence-electron chi connectivity index (χ4n) is 1.03. The van der Waals surface area contributed by atoms with Gasteiger partial charge in [0, 0.05) is 11.6 Å². The molecular weight excluding hydrogens is 198 g/mol. The molecule has 0 heterocycles. The first-order valence-electron chi connectivity index (χ1n) is 4.29. The number of hydrogen-bond acceptors (Lipinski definition) is 4. The molecule has 0 saturated heterocycles. The van der Waals surface area contributed by atoms with Gasteiger partial charge in [-0.2, -0.15) is 0 Å². The predicted octanol–water partition coefficient (Wildman–Crippen LogP) is 0.417. The minimum atomic E-state index is -0.517. The van der Waals surface area contributed by atoms with Crippen molar-refractivity contribution in [3.8, 4) is 11.5 Å². The van der Waals surface area contributed by atoms with E-state index in [1.165, 1.54) is 19.1 Å². The van der Waals surface area contributed by atoms with Gasteiger partial charge < -0.3 is 15.5 Å². The third-order valence-electron chi connectivity index (χ3n) is 1.66. The predicted molar refractivity (Wildman–Crippen MR) is 52.8 cm³/mol. The quantitative estimate of drug-likeness (QED) is 0.673. The van der Waals surface area contributed by atoms with Crippen LogP contribution in [0.15, 0.2) is 18.2 Å². The van der Waals surface area contributed by atoms with Gasteiger partial charge in [-0.05, 0) is 19.1 Å². The largest absolute Gasteiger partial charge is 0.508 e. The highest BCUT2D eigenvalue weighted by Gasteiger charge is 2.08. The summed E-state index contributed by atoms with van der Waals surface area (Å²) in [6.07, 6.45) is 0. The van der Waals surface area contributed by atoms with Gasteiger partial charge in [-0.25, -0.2) is 0 Å². The summed E-state index contributed by atoms with van der Waals surface area (Å²) in [7, 11) is 0. The fraction of sp³-hybridized carbons (Fsp3) is 0.200. The Bertz CT molecular complexity index is 380. The van der Waals surface area contributed by atoms with E-state index < -0.39 is 5.91 Å². The molecule has 0 aliphatic heterocycles. The Morgan fingerprint density at radius 1 is 1.20 bits per heavy atom. The molecule has 0 saturated carbocycles. The highest BCUT2D eigenvalue weighted by atomic mass is 16.3. The van der Waals surface area contributed by atoms with Crippen molar-refractivity contribution in [2.75, 3.05) is 6.54 Å². The Kier molecular flexibility index (Phi) is 3.28. The van der Waals surface area contributed by atoms with Gasteiger partial charge in [0.05, 0.1) is 6.54 Å². The molecule has 5 heteroatoms. The maximum atomic E-state index is 11.4. The van der Waals surface area contributed by atoms with Crippen LogP contribution < -0.4 is 5.32 Å². The van der Waals surface area contributed by atoms with Crippen molar-refractivity contribution in [1.82, 2.24) is 5.32 Å². The average Bonchev–Trinajstić information content (AvgIpc) is 2.12. The van der Waals surface area contributed by atoms with Gasteiger partial charge in [-0.15, -0.1) is 0 Å². The Hall–Kier alpha value is -2.04. The number of ketones is 1. The van der Waals surface area contributed by atoms with E-state index in [2.05, 4.69) is 5.32 Å². The molecule has 15 heavy (non-hydrogen) atoms. The van der Waals surface area contributed by atoms with Crippen LogP contribution in [0.25, 0.3) is 0 Å². The third kappa shape index (κ3) is 3.30. The van der Waals surface area contributed by atoms with Crippen LogP contribution >= 0.6 is 0 Å². The maximum absolute atomic E-state index is 11.4. The van der Waals surface area contributed by atoms with E-state index in [-0.39, 0.29) is 29.4 Å². The summed E-state index contributed by atoms with van der Waals surface area (Å²) in [5, 5.41) is 20.6. The van der Waals surface area contributed by atoms with Crippen molar-refractivity contribution in [3.05, 3.63) is 23.8 Å². The molecule has 0 aliphatic carbocycles. The monoisotopic (exact) mass is 209 g/mol. The molecule has 5 nitrogen and oxygen atoms in total. The van der Waals surface area contributed by atoms with Crippen molar-refractivity contribution < 1.29 is 19.8 Å². The zero-order valence-electron chi connectivity index (χ0n) is 8.15. The Labute approximate surface area is 86.4 Å². The molecule has 0 bridgehead atoms. The molecule has 1 aromatic rings. The van der Waals surface area contributed by atoms with E-state index in [0.717, 1.165) is 6.07 Å². The number of hydrogen-bond donors (Lipinski definition) is 3. The van der Waals surface area contributed by atoms with E-state index in [9.17, 15) is 9.59 Å². The summed E-state index contributed by atoms with van der Waals surface area (Å²) in [5.41, 5.74) is 0.105. The number of phenols is 2. The molecule has 0 fully saturated rings. The van der Waals surface area contributed by atoms with E-state index >= 15 is 0 Å². The lowest BCUT2D eigenvalue weighted by Crippen LogP contribution is -2.28. The number of amides is 1. The van der Waals surface area contributed by atoms with Gasteiger partial charge >= 0.3 is 0 Å². The van der Waals surface area contributed by atoms with Gasteiger partial charge in [0.15, 0.2) is 0 Å². The maximum Gasteiger partial charge on any atom is 0.251 e. The summed E-state index contributed by atoms with van der Waals surface area (Å²) in [6.45, 7) is 1.27. The van der Waals surface area contributed by atoms with Crippen LogP contribution in [0.1, 0.15) is 17.3 Å². The molecule has 0 aromatic heterocycles. The molecule has 0 spiro atoms. The van der Waals surface area contributed by atoms with E-state index in [0.29, 0.717) is 0 Å². The van der Waals surface area contributed by atoms with Crippen molar-refractivity contribution in [2.45, 2.75) is 6.92 Å². The first kappa shape index (κ1) is 11.0. The number of phenolic OH excluding ortho intramolecular Hbond substituents is 2. The van der Waals surface area contributed by atoms with Crippen LogP contribution in [0.3, 0.4) is 0 Å². The van der Waals surface area contributed by atoms with Crippen LogP contribution in [0.5, 0.6) is 11.5 Å². The van der Waals surface area contributed by atoms with Gasteiger partial charge in [0.2, 0.25) is 0 Å². The minimum absolute atomic E-state index is 0.0742. The summed E-state index contributed by atoms with van der Waals surface area (Å²) < 4.78 is 0. The standard InChI is InChI=1S/C10H11NO4/c1-6(12)5-11-10(15)7-2-8(13)4-9(14)3-7/h2-4,13-14H,5H2,1H3,(H,11,15). The molecule has 1 amide bonds. The number of benzene rings is 1. The number of nitrogens with one attached hydrogen (secondary N) is 1. The second-order valence-corrected chi connectivity index (χ2v) is 3.12. The van der Waals surface area contributed by atoms with Crippen molar-refractivity contribution in [2.24, 2.45) is 0 Å². The molecule has 3 N–H and O–H groups in total. The molecule has 0 atom stereocenters. The number of Topliss-reactive ketones (excluding diaryl/α,β-unsaturated/α-hetero) is 1. The number of rotatable bonds is 3. The van der Waals surface area contributed by atoms with E-state index in [4.69, 9.17) is 10.2 Å². The normalized spacial score (nSPS) is 9.67. The fourth-order valence-corrected chi connectivity index (χ4v) is 1.03. The number of aromatic hydroxyl groups is 2.